The highest BCUT2D eigenvalue weighted by Gasteiger charge is 2.18. The van der Waals surface area contributed by atoms with Gasteiger partial charge in [-0.25, -0.2) is 0 Å². The quantitative estimate of drug-likeness (QED) is 0.743. The van der Waals surface area contributed by atoms with E-state index in [1.807, 2.05) is 18.5 Å². The Morgan fingerprint density at radius 3 is 3.00 bits per heavy atom. The summed E-state index contributed by atoms with van der Waals surface area (Å²) >= 11 is 0. The molecule has 1 aromatic rings. The summed E-state index contributed by atoms with van der Waals surface area (Å²) < 4.78 is 13.2. The summed E-state index contributed by atoms with van der Waals surface area (Å²) in [5, 5.41) is 7.33. The molecule has 0 aromatic carbocycles. The first kappa shape index (κ1) is 17.9. The maximum Gasteiger partial charge on any atom is 0.248 e. The van der Waals surface area contributed by atoms with Gasteiger partial charge in [0, 0.05) is 25.4 Å². The van der Waals surface area contributed by atoms with Gasteiger partial charge in [-0.3, -0.25) is 9.48 Å². The Morgan fingerprint density at radius 2 is 2.35 bits per heavy atom. The zero-order valence-electron chi connectivity index (χ0n) is 14.5. The number of amides is 1. The number of ether oxygens (including phenoxy) is 2. The summed E-state index contributed by atoms with van der Waals surface area (Å²) in [5.41, 5.74) is 2.18. The summed E-state index contributed by atoms with van der Waals surface area (Å²) in [6.45, 7) is 8.57. The highest BCUT2D eigenvalue weighted by atomic mass is 16.5. The summed E-state index contributed by atoms with van der Waals surface area (Å²) in [4.78, 5) is 12.0. The second-order valence-corrected chi connectivity index (χ2v) is 6.26. The van der Waals surface area contributed by atoms with E-state index < -0.39 is 6.10 Å². The highest BCUT2D eigenvalue weighted by Crippen LogP contribution is 2.13. The summed E-state index contributed by atoms with van der Waals surface area (Å²) in [5.74, 6) is -0.0609. The molecule has 2 heterocycles. The van der Waals surface area contributed by atoms with E-state index >= 15 is 0 Å². The fourth-order valence-electron chi connectivity index (χ4n) is 2.75. The van der Waals surface area contributed by atoms with Crippen molar-refractivity contribution < 1.29 is 14.3 Å². The van der Waals surface area contributed by atoms with Crippen LogP contribution < -0.4 is 5.32 Å². The first-order valence-corrected chi connectivity index (χ1v) is 8.58. The molecule has 23 heavy (non-hydrogen) atoms. The van der Waals surface area contributed by atoms with Gasteiger partial charge in [-0.2, -0.15) is 5.10 Å². The van der Waals surface area contributed by atoms with Crippen molar-refractivity contribution in [2.24, 2.45) is 0 Å². The summed E-state index contributed by atoms with van der Waals surface area (Å²) in [7, 11) is 0. The standard InChI is InChI=1S/C17H29N3O3/c1-13-11-14(2)20(19-13)9-6-8-18-17(21)15(3)23-12-16-7-4-5-10-22-16/h11,15-16H,4-10,12H2,1-3H3,(H,18,21)/t15-,16-/m0/s1. The van der Waals surface area contributed by atoms with E-state index in [0.29, 0.717) is 13.2 Å². The molecule has 6 nitrogen and oxygen atoms in total. The first-order valence-electron chi connectivity index (χ1n) is 8.58. The van der Waals surface area contributed by atoms with E-state index in [1.165, 1.54) is 6.42 Å². The van der Waals surface area contributed by atoms with Crippen LogP contribution in [0.1, 0.15) is 44.0 Å². The van der Waals surface area contributed by atoms with Crippen molar-refractivity contribution in [1.82, 2.24) is 15.1 Å². The Labute approximate surface area is 138 Å². The van der Waals surface area contributed by atoms with Gasteiger partial charge in [-0.15, -0.1) is 0 Å². The predicted molar refractivity (Wildman–Crippen MR) is 88.3 cm³/mol. The third-order valence-electron chi connectivity index (χ3n) is 4.12. The number of carbonyl (C=O) groups excluding carboxylic acids is 1. The summed E-state index contributed by atoms with van der Waals surface area (Å²) in [6.07, 6.45) is 3.89. The molecule has 130 valence electrons. The SMILES string of the molecule is Cc1cc(C)n(CCCNC(=O)[C@H](C)OC[C@@H]2CCCCO2)n1. The second kappa shape index (κ2) is 9.03. The molecular formula is C17H29N3O3. The van der Waals surface area contributed by atoms with Crippen molar-refractivity contribution in [2.45, 2.75) is 65.2 Å². The number of nitrogens with zero attached hydrogens (tertiary/aromatic N) is 2. The molecule has 0 aliphatic carbocycles. The number of hydrogen-bond donors (Lipinski definition) is 1. The smallest absolute Gasteiger partial charge is 0.248 e. The predicted octanol–water partition coefficient (Wildman–Crippen LogP) is 1.98. The fourth-order valence-corrected chi connectivity index (χ4v) is 2.75. The van der Waals surface area contributed by atoms with E-state index in [0.717, 1.165) is 43.8 Å². The van der Waals surface area contributed by atoms with Crippen LogP contribution in [-0.4, -0.2) is 47.7 Å². The van der Waals surface area contributed by atoms with Crippen molar-refractivity contribution in [3.8, 4) is 0 Å². The normalized spacial score (nSPS) is 19.5. The van der Waals surface area contributed by atoms with Crippen molar-refractivity contribution >= 4 is 5.91 Å². The molecule has 0 radical (unpaired) electrons. The van der Waals surface area contributed by atoms with Gasteiger partial charge in [0.05, 0.1) is 18.4 Å². The molecule has 1 aliphatic rings. The minimum absolute atomic E-state index is 0.0609. The number of carbonyl (C=O) groups is 1. The van der Waals surface area contributed by atoms with Crippen LogP contribution in [0.15, 0.2) is 6.07 Å². The monoisotopic (exact) mass is 323 g/mol. The molecule has 1 amide bonds. The lowest BCUT2D eigenvalue weighted by Gasteiger charge is -2.23. The Balaban J connectivity index is 1.59. The van der Waals surface area contributed by atoms with Gasteiger partial charge in [-0.05, 0) is 52.5 Å². The van der Waals surface area contributed by atoms with E-state index in [2.05, 4.69) is 16.5 Å². The van der Waals surface area contributed by atoms with Crippen molar-refractivity contribution in [1.29, 1.82) is 0 Å². The lowest BCUT2D eigenvalue weighted by Crippen LogP contribution is -2.37. The molecule has 6 heteroatoms. The van der Waals surface area contributed by atoms with Crippen LogP contribution in [0.4, 0.5) is 0 Å². The lowest BCUT2D eigenvalue weighted by atomic mass is 10.1. The Kier molecular flexibility index (Phi) is 7.05. The number of rotatable bonds is 8. The van der Waals surface area contributed by atoms with Crippen LogP contribution in [0.25, 0.3) is 0 Å². The van der Waals surface area contributed by atoms with Crippen molar-refractivity contribution in [3.05, 3.63) is 17.5 Å². The average molecular weight is 323 g/mol. The topological polar surface area (TPSA) is 65.4 Å². The first-order chi connectivity index (χ1) is 11.1. The Morgan fingerprint density at radius 1 is 1.52 bits per heavy atom. The minimum Gasteiger partial charge on any atom is -0.376 e. The number of hydrogen-bond acceptors (Lipinski definition) is 4. The third kappa shape index (κ3) is 5.95. The molecule has 2 atom stereocenters. The van der Waals surface area contributed by atoms with Crippen LogP contribution >= 0.6 is 0 Å². The fraction of sp³-hybridized carbons (Fsp3) is 0.765. The van der Waals surface area contributed by atoms with Gasteiger partial charge in [0.1, 0.15) is 6.10 Å². The average Bonchev–Trinajstić information content (AvgIpc) is 2.87. The second-order valence-electron chi connectivity index (χ2n) is 6.26. The third-order valence-corrected chi connectivity index (χ3v) is 4.12. The zero-order chi connectivity index (χ0) is 16.7. The summed E-state index contributed by atoms with van der Waals surface area (Å²) in [6, 6.07) is 2.06. The lowest BCUT2D eigenvalue weighted by molar-refractivity contribution is -0.135. The van der Waals surface area contributed by atoms with Crippen LogP contribution in [0.5, 0.6) is 0 Å². The van der Waals surface area contributed by atoms with Gasteiger partial charge in [-0.1, -0.05) is 0 Å². The van der Waals surface area contributed by atoms with Crippen LogP contribution in [0, 0.1) is 13.8 Å². The van der Waals surface area contributed by atoms with Crippen LogP contribution in [0.2, 0.25) is 0 Å². The highest BCUT2D eigenvalue weighted by molar-refractivity contribution is 5.80. The van der Waals surface area contributed by atoms with Crippen LogP contribution in [-0.2, 0) is 20.8 Å². The molecule has 1 saturated heterocycles. The van der Waals surface area contributed by atoms with Gasteiger partial charge < -0.3 is 14.8 Å². The molecule has 1 aliphatic heterocycles. The molecular weight excluding hydrogens is 294 g/mol. The minimum atomic E-state index is -0.436. The molecule has 0 saturated carbocycles. The molecule has 0 bridgehead atoms. The van der Waals surface area contributed by atoms with Gasteiger partial charge >= 0.3 is 0 Å². The number of aromatic nitrogens is 2. The maximum absolute atomic E-state index is 12.0. The molecule has 2 rings (SSSR count). The van der Waals surface area contributed by atoms with Crippen LogP contribution in [0.3, 0.4) is 0 Å². The Hall–Kier alpha value is -1.40. The van der Waals surface area contributed by atoms with E-state index in [4.69, 9.17) is 9.47 Å². The van der Waals surface area contributed by atoms with E-state index in [1.54, 1.807) is 6.92 Å². The molecule has 1 aromatic heterocycles. The molecule has 1 N–H and O–H groups in total. The van der Waals surface area contributed by atoms with Gasteiger partial charge in [0.25, 0.3) is 0 Å². The van der Waals surface area contributed by atoms with Gasteiger partial charge in [0.2, 0.25) is 5.91 Å². The molecule has 0 unspecified atom stereocenters. The Bertz CT molecular complexity index is 495. The maximum atomic E-state index is 12.0. The van der Waals surface area contributed by atoms with Gasteiger partial charge in [0.15, 0.2) is 0 Å². The number of nitrogens with one attached hydrogen (secondary N) is 1. The van der Waals surface area contributed by atoms with Crippen molar-refractivity contribution in [2.75, 3.05) is 19.8 Å². The van der Waals surface area contributed by atoms with Crippen molar-refractivity contribution in [3.63, 3.8) is 0 Å². The van der Waals surface area contributed by atoms with E-state index in [9.17, 15) is 4.79 Å². The molecule has 0 spiro atoms. The largest absolute Gasteiger partial charge is 0.376 e. The molecule has 1 fully saturated rings. The zero-order valence-corrected chi connectivity index (χ0v) is 14.5. The number of aryl methyl sites for hydroxylation is 3. The van der Waals surface area contributed by atoms with E-state index in [-0.39, 0.29) is 12.0 Å².